The van der Waals surface area contributed by atoms with Crippen molar-refractivity contribution in [1.29, 1.82) is 0 Å². The van der Waals surface area contributed by atoms with E-state index in [2.05, 4.69) is 0 Å². The van der Waals surface area contributed by atoms with Crippen molar-refractivity contribution in [3.63, 3.8) is 0 Å². The lowest BCUT2D eigenvalue weighted by Crippen LogP contribution is -2.30. The minimum Gasteiger partial charge on any atom is -0.463 e. The summed E-state index contributed by atoms with van der Waals surface area (Å²) in [6.45, 7) is 3.90. The van der Waals surface area contributed by atoms with Gasteiger partial charge in [-0.25, -0.2) is 9.59 Å². The Bertz CT molecular complexity index is 390. The van der Waals surface area contributed by atoms with E-state index in [-0.39, 0.29) is 12.6 Å². The van der Waals surface area contributed by atoms with Gasteiger partial charge in [0, 0.05) is 6.08 Å². The van der Waals surface area contributed by atoms with Crippen molar-refractivity contribution < 1.29 is 23.6 Å². The molecule has 0 spiro atoms. The lowest BCUT2D eigenvalue weighted by Gasteiger charge is -2.11. The maximum absolute atomic E-state index is 11.6. The summed E-state index contributed by atoms with van der Waals surface area (Å²) < 4.78 is 11.6. The fourth-order valence-electron chi connectivity index (χ4n) is 1.50. The SMILES string of the molecule is CCCCOC(=O)C(C)OC(=O)C[N+]1=CC(N)C=C1. The average molecular weight is 269 g/mol. The maximum atomic E-state index is 11.6. The third-order valence-corrected chi connectivity index (χ3v) is 2.56. The van der Waals surface area contributed by atoms with E-state index >= 15 is 0 Å². The van der Waals surface area contributed by atoms with Crippen LogP contribution in [0, 0.1) is 0 Å². The molecule has 106 valence electrons. The second kappa shape index (κ2) is 7.68. The summed E-state index contributed by atoms with van der Waals surface area (Å²) in [5, 5.41) is 0. The topological polar surface area (TPSA) is 81.6 Å². The Morgan fingerprint density at radius 2 is 2.21 bits per heavy atom. The Hall–Kier alpha value is -1.69. The molecular weight excluding hydrogens is 248 g/mol. The zero-order chi connectivity index (χ0) is 14.3. The molecule has 1 rings (SSSR count). The van der Waals surface area contributed by atoms with Gasteiger partial charge >= 0.3 is 11.9 Å². The molecule has 6 nitrogen and oxygen atoms in total. The number of unbranched alkanes of at least 4 members (excludes halogenated alkanes) is 1. The van der Waals surface area contributed by atoms with Gasteiger partial charge in [-0.15, -0.1) is 0 Å². The molecule has 6 heteroatoms. The van der Waals surface area contributed by atoms with E-state index in [1.807, 2.05) is 6.92 Å². The van der Waals surface area contributed by atoms with Crippen LogP contribution in [0.25, 0.3) is 0 Å². The predicted molar refractivity (Wildman–Crippen MR) is 69.7 cm³/mol. The number of hydrogen-bond acceptors (Lipinski definition) is 5. The summed E-state index contributed by atoms with van der Waals surface area (Å²) in [5.74, 6) is -1.01. The van der Waals surface area contributed by atoms with Gasteiger partial charge in [0.05, 0.1) is 6.61 Å². The van der Waals surface area contributed by atoms with E-state index in [0.29, 0.717) is 6.61 Å². The van der Waals surface area contributed by atoms with E-state index in [1.54, 1.807) is 23.1 Å². The zero-order valence-electron chi connectivity index (χ0n) is 11.4. The summed E-state index contributed by atoms with van der Waals surface area (Å²) in [6.07, 6.45) is 6.03. The molecule has 19 heavy (non-hydrogen) atoms. The van der Waals surface area contributed by atoms with Crippen molar-refractivity contribution in [3.05, 3.63) is 12.3 Å². The Labute approximate surface area is 112 Å². The first-order chi connectivity index (χ1) is 9.02. The highest BCUT2D eigenvalue weighted by molar-refractivity contribution is 5.79. The van der Waals surface area contributed by atoms with Crippen LogP contribution >= 0.6 is 0 Å². The van der Waals surface area contributed by atoms with E-state index in [9.17, 15) is 9.59 Å². The molecule has 0 aromatic rings. The Balaban J connectivity index is 2.29. The summed E-state index contributed by atoms with van der Waals surface area (Å²) in [6, 6.07) is -0.177. The van der Waals surface area contributed by atoms with E-state index in [4.69, 9.17) is 15.2 Å². The molecule has 0 aliphatic carbocycles. The van der Waals surface area contributed by atoms with Gasteiger partial charge in [0.2, 0.25) is 6.54 Å². The van der Waals surface area contributed by atoms with Gasteiger partial charge < -0.3 is 15.2 Å². The highest BCUT2D eigenvalue weighted by Crippen LogP contribution is 1.99. The summed E-state index contributed by atoms with van der Waals surface area (Å²) in [4.78, 5) is 23.1. The molecule has 0 saturated carbocycles. The van der Waals surface area contributed by atoms with Crippen LogP contribution in [-0.4, -0.2) is 48.0 Å². The van der Waals surface area contributed by atoms with Crippen LogP contribution in [0.15, 0.2) is 12.3 Å². The number of carbonyl (C=O) groups is 2. The largest absolute Gasteiger partial charge is 0.463 e. The third kappa shape index (κ3) is 5.65. The minimum atomic E-state index is -0.885. The van der Waals surface area contributed by atoms with E-state index in [1.165, 1.54) is 6.92 Å². The molecule has 0 bridgehead atoms. The number of hydrogen-bond donors (Lipinski definition) is 1. The van der Waals surface area contributed by atoms with Crippen LogP contribution in [0.2, 0.25) is 0 Å². The van der Waals surface area contributed by atoms with Crippen molar-refractivity contribution in [3.8, 4) is 0 Å². The first-order valence-electron chi connectivity index (χ1n) is 6.43. The van der Waals surface area contributed by atoms with Crippen LogP contribution in [-0.2, 0) is 19.1 Å². The Morgan fingerprint density at radius 1 is 1.47 bits per heavy atom. The van der Waals surface area contributed by atoms with Crippen molar-refractivity contribution in [1.82, 2.24) is 0 Å². The molecule has 2 unspecified atom stereocenters. The lowest BCUT2D eigenvalue weighted by molar-refractivity contribution is -0.440. The summed E-state index contributed by atoms with van der Waals surface area (Å²) >= 11 is 0. The fraction of sp³-hybridized carbons (Fsp3) is 0.615. The molecule has 0 saturated heterocycles. The summed E-state index contributed by atoms with van der Waals surface area (Å²) in [7, 11) is 0. The van der Waals surface area contributed by atoms with Crippen LogP contribution in [0.1, 0.15) is 26.7 Å². The number of rotatable bonds is 7. The third-order valence-electron chi connectivity index (χ3n) is 2.56. The first kappa shape index (κ1) is 15.4. The molecule has 1 aliphatic heterocycles. The maximum Gasteiger partial charge on any atom is 0.373 e. The Kier molecular flexibility index (Phi) is 6.21. The number of ether oxygens (including phenoxy) is 2. The lowest BCUT2D eigenvalue weighted by atomic mass is 10.3. The first-order valence-corrected chi connectivity index (χ1v) is 6.43. The monoisotopic (exact) mass is 269 g/mol. The van der Waals surface area contributed by atoms with Crippen LogP contribution < -0.4 is 5.73 Å². The molecule has 2 N–H and O–H groups in total. The van der Waals surface area contributed by atoms with Crippen molar-refractivity contribution in [2.75, 3.05) is 13.2 Å². The number of carbonyl (C=O) groups excluding carboxylic acids is 2. The van der Waals surface area contributed by atoms with Gasteiger partial charge in [-0.2, -0.15) is 4.58 Å². The van der Waals surface area contributed by atoms with Gasteiger partial charge in [-0.05, 0) is 13.3 Å². The van der Waals surface area contributed by atoms with E-state index in [0.717, 1.165) is 12.8 Å². The van der Waals surface area contributed by atoms with Gasteiger partial charge in [0.1, 0.15) is 6.04 Å². The van der Waals surface area contributed by atoms with Crippen LogP contribution in [0.3, 0.4) is 0 Å². The minimum absolute atomic E-state index is 0.0385. The molecule has 2 atom stereocenters. The second-order valence-corrected chi connectivity index (χ2v) is 4.39. The second-order valence-electron chi connectivity index (χ2n) is 4.39. The van der Waals surface area contributed by atoms with Gasteiger partial charge in [-0.3, -0.25) is 0 Å². The quantitative estimate of drug-likeness (QED) is 0.405. The van der Waals surface area contributed by atoms with Gasteiger partial charge in [0.25, 0.3) is 0 Å². The highest BCUT2D eigenvalue weighted by Gasteiger charge is 2.23. The zero-order valence-corrected chi connectivity index (χ0v) is 11.4. The Morgan fingerprint density at radius 3 is 2.79 bits per heavy atom. The molecule has 0 aromatic carbocycles. The highest BCUT2D eigenvalue weighted by atomic mass is 16.6. The fourth-order valence-corrected chi connectivity index (χ4v) is 1.50. The summed E-state index contributed by atoms with van der Waals surface area (Å²) in [5.41, 5.74) is 5.61. The molecule has 0 radical (unpaired) electrons. The normalized spacial score (nSPS) is 18.9. The number of esters is 2. The number of nitrogens with zero attached hydrogens (tertiary/aromatic N) is 1. The molecule has 1 aliphatic rings. The van der Waals surface area contributed by atoms with Crippen molar-refractivity contribution >= 4 is 18.2 Å². The molecule has 1 heterocycles. The van der Waals surface area contributed by atoms with Gasteiger partial charge in [-0.1, -0.05) is 13.3 Å². The molecule has 0 aromatic heterocycles. The van der Waals surface area contributed by atoms with Crippen molar-refractivity contribution in [2.24, 2.45) is 5.73 Å². The predicted octanol–water partition coefficient (Wildman–Crippen LogP) is 0.199. The van der Waals surface area contributed by atoms with Gasteiger partial charge in [0.15, 0.2) is 18.5 Å². The van der Waals surface area contributed by atoms with Crippen molar-refractivity contribution in [2.45, 2.75) is 38.8 Å². The molecular formula is C13H21N2O4+. The molecule has 0 amide bonds. The smallest absolute Gasteiger partial charge is 0.373 e. The van der Waals surface area contributed by atoms with Crippen LogP contribution in [0.4, 0.5) is 0 Å². The van der Waals surface area contributed by atoms with E-state index < -0.39 is 18.0 Å². The standard InChI is InChI=1S/C13H21N2O4/c1-3-4-7-18-13(17)10(2)19-12(16)9-15-6-5-11(14)8-15/h5-6,8,10-11H,3-4,7,9,14H2,1-2H3/q+1. The number of nitrogens with two attached hydrogens (primary N) is 1. The molecule has 0 fully saturated rings. The average Bonchev–Trinajstić information content (AvgIpc) is 2.74. The van der Waals surface area contributed by atoms with Crippen LogP contribution in [0.5, 0.6) is 0 Å².